The van der Waals surface area contributed by atoms with E-state index in [1.165, 1.54) is 11.6 Å². The highest BCUT2D eigenvalue weighted by atomic mass is 31.2. The quantitative estimate of drug-likeness (QED) is 0.719. The van der Waals surface area contributed by atoms with Crippen LogP contribution in [0.2, 0.25) is 0 Å². The van der Waals surface area contributed by atoms with Crippen molar-refractivity contribution in [3.05, 3.63) is 69.5 Å². The molecule has 0 saturated carbocycles. The van der Waals surface area contributed by atoms with Gasteiger partial charge in [-0.25, -0.2) is 4.39 Å². The van der Waals surface area contributed by atoms with Gasteiger partial charge in [0.05, 0.1) is 6.16 Å². The number of hydrogen-bond donors (Lipinski definition) is 2. The first-order chi connectivity index (χ1) is 11.6. The van der Waals surface area contributed by atoms with Crippen molar-refractivity contribution in [1.82, 2.24) is 0 Å². The maximum Gasteiger partial charge on any atom is 0.325 e. The third-order valence-electron chi connectivity index (χ3n) is 4.51. The van der Waals surface area contributed by atoms with Crippen LogP contribution in [0.15, 0.2) is 30.3 Å². The highest BCUT2D eigenvalue weighted by Crippen LogP contribution is 2.35. The van der Waals surface area contributed by atoms with E-state index in [0.717, 1.165) is 34.2 Å². The molecule has 2 rings (SSSR count). The fraction of sp³-hybridized carbons (Fsp3) is 0.400. The van der Waals surface area contributed by atoms with Crippen molar-refractivity contribution in [1.29, 1.82) is 0 Å². The van der Waals surface area contributed by atoms with Gasteiger partial charge >= 0.3 is 7.60 Å². The molecule has 0 fully saturated rings. The van der Waals surface area contributed by atoms with Crippen molar-refractivity contribution < 1.29 is 18.7 Å². The first-order valence-corrected chi connectivity index (χ1v) is 10.3. The highest BCUT2D eigenvalue weighted by molar-refractivity contribution is 7.51. The first kappa shape index (κ1) is 19.8. The van der Waals surface area contributed by atoms with Crippen molar-refractivity contribution in [3.63, 3.8) is 0 Å². The van der Waals surface area contributed by atoms with Gasteiger partial charge in [-0.3, -0.25) is 4.57 Å². The largest absolute Gasteiger partial charge is 0.325 e. The molecule has 2 N–H and O–H groups in total. The van der Waals surface area contributed by atoms with E-state index in [4.69, 9.17) is 9.79 Å². The van der Waals surface area contributed by atoms with E-state index >= 15 is 0 Å². The Morgan fingerprint density at radius 2 is 1.64 bits per heavy atom. The molecule has 0 atom stereocenters. The molecular formula is C20H26FO3P. The molecule has 0 amide bonds. The molecule has 0 aromatic heterocycles. The Morgan fingerprint density at radius 1 is 1.04 bits per heavy atom. The molecule has 0 aliphatic rings. The van der Waals surface area contributed by atoms with Gasteiger partial charge in [0.15, 0.2) is 0 Å². The molecule has 136 valence electrons. The minimum absolute atomic E-state index is 0.136. The Hall–Kier alpha value is -1.48. The Labute approximate surface area is 149 Å². The molecule has 0 spiro atoms. The van der Waals surface area contributed by atoms with Crippen LogP contribution in [0, 0.1) is 19.7 Å². The predicted octanol–water partition coefficient (Wildman–Crippen LogP) is 4.88. The van der Waals surface area contributed by atoms with Crippen molar-refractivity contribution in [2.75, 3.05) is 6.16 Å². The number of benzene rings is 2. The zero-order valence-corrected chi connectivity index (χ0v) is 16.1. The summed E-state index contributed by atoms with van der Waals surface area (Å²) in [7, 11) is -3.98. The van der Waals surface area contributed by atoms with Crippen LogP contribution in [0.25, 0.3) is 0 Å². The van der Waals surface area contributed by atoms with Gasteiger partial charge < -0.3 is 9.79 Å². The Bertz CT molecular complexity index is 786. The van der Waals surface area contributed by atoms with Crippen LogP contribution in [0.5, 0.6) is 0 Å². The van der Waals surface area contributed by atoms with E-state index in [-0.39, 0.29) is 17.9 Å². The average molecular weight is 364 g/mol. The Kier molecular flexibility index (Phi) is 6.21. The molecule has 5 heteroatoms. The zero-order valence-electron chi connectivity index (χ0n) is 15.2. The molecule has 0 unspecified atom stereocenters. The van der Waals surface area contributed by atoms with E-state index in [1.54, 1.807) is 0 Å². The first-order valence-electron chi connectivity index (χ1n) is 8.48. The van der Waals surface area contributed by atoms with E-state index in [9.17, 15) is 8.96 Å². The van der Waals surface area contributed by atoms with Crippen LogP contribution in [-0.2, 0) is 17.4 Å². The molecular weight excluding hydrogens is 338 g/mol. The number of aryl methyl sites for hydroxylation is 3. The van der Waals surface area contributed by atoms with Crippen molar-refractivity contribution in [3.8, 4) is 0 Å². The van der Waals surface area contributed by atoms with Gasteiger partial charge in [0, 0.05) is 0 Å². The van der Waals surface area contributed by atoms with Gasteiger partial charge in [-0.1, -0.05) is 38.1 Å². The van der Waals surface area contributed by atoms with Crippen LogP contribution in [0.1, 0.15) is 53.1 Å². The van der Waals surface area contributed by atoms with Gasteiger partial charge in [-0.2, -0.15) is 0 Å². The molecule has 0 aliphatic carbocycles. The summed E-state index contributed by atoms with van der Waals surface area (Å²) in [5.41, 5.74) is 6.10. The Morgan fingerprint density at radius 3 is 2.16 bits per heavy atom. The van der Waals surface area contributed by atoms with Crippen LogP contribution >= 0.6 is 7.60 Å². The van der Waals surface area contributed by atoms with Gasteiger partial charge in [0.25, 0.3) is 0 Å². The molecule has 0 saturated heterocycles. The minimum Gasteiger partial charge on any atom is -0.324 e. The summed E-state index contributed by atoms with van der Waals surface area (Å²) in [4.78, 5) is 18.1. The van der Waals surface area contributed by atoms with Crippen molar-refractivity contribution >= 4 is 7.60 Å². The maximum absolute atomic E-state index is 13.9. The number of hydrogen-bond acceptors (Lipinski definition) is 1. The second-order valence-corrected chi connectivity index (χ2v) is 8.81. The predicted molar refractivity (Wildman–Crippen MR) is 99.8 cm³/mol. The lowest BCUT2D eigenvalue weighted by Gasteiger charge is -2.15. The summed E-state index contributed by atoms with van der Waals surface area (Å²) in [6, 6.07) is 9.27. The topological polar surface area (TPSA) is 57.5 Å². The van der Waals surface area contributed by atoms with Gasteiger partial charge in [-0.15, -0.1) is 0 Å². The third-order valence-corrected chi connectivity index (χ3v) is 5.32. The van der Waals surface area contributed by atoms with Crippen molar-refractivity contribution in [2.45, 2.75) is 46.5 Å². The van der Waals surface area contributed by atoms with Gasteiger partial charge in [0.1, 0.15) is 5.82 Å². The fourth-order valence-electron chi connectivity index (χ4n) is 3.13. The van der Waals surface area contributed by atoms with E-state index in [1.807, 2.05) is 52.0 Å². The smallest absolute Gasteiger partial charge is 0.324 e. The lowest BCUT2D eigenvalue weighted by atomic mass is 9.91. The maximum atomic E-state index is 13.9. The molecule has 0 radical (unpaired) electrons. The molecule has 25 heavy (non-hydrogen) atoms. The summed E-state index contributed by atoms with van der Waals surface area (Å²) in [6.07, 6.45) is 0.942. The number of rotatable bonds is 6. The fourth-order valence-corrected chi connectivity index (χ4v) is 3.68. The zero-order chi connectivity index (χ0) is 18.8. The van der Waals surface area contributed by atoms with Crippen LogP contribution in [-0.4, -0.2) is 15.9 Å². The summed E-state index contributed by atoms with van der Waals surface area (Å²) < 4.78 is 24.9. The average Bonchev–Trinajstić information content (AvgIpc) is 2.49. The minimum atomic E-state index is -3.98. The second-order valence-electron chi connectivity index (χ2n) is 7.03. The molecule has 0 heterocycles. The standard InChI is InChI=1S/C20H26FO3P/c1-13(2)18-11-16(5-6-20(18)21)12-19-14(3)9-17(10-15(19)4)7-8-25(22,23)24/h5-6,9-11,13H,7-8,12H2,1-4H3,(H2,22,23,24). The molecule has 0 bridgehead atoms. The molecule has 2 aromatic carbocycles. The summed E-state index contributed by atoms with van der Waals surface area (Å²) in [5.74, 6) is -0.0304. The summed E-state index contributed by atoms with van der Waals surface area (Å²) in [6.45, 7) is 7.98. The molecule has 0 aliphatic heterocycles. The number of halogens is 1. The molecule has 2 aromatic rings. The summed E-state index contributed by atoms with van der Waals surface area (Å²) >= 11 is 0. The van der Waals surface area contributed by atoms with Crippen LogP contribution < -0.4 is 0 Å². The van der Waals surface area contributed by atoms with Crippen molar-refractivity contribution in [2.24, 2.45) is 0 Å². The van der Waals surface area contributed by atoms with Crippen LogP contribution in [0.3, 0.4) is 0 Å². The lowest BCUT2D eigenvalue weighted by Crippen LogP contribution is -2.02. The van der Waals surface area contributed by atoms with E-state index < -0.39 is 7.60 Å². The SMILES string of the molecule is Cc1cc(CCP(=O)(O)O)cc(C)c1Cc1ccc(F)c(C(C)C)c1. The van der Waals surface area contributed by atoms with E-state index in [0.29, 0.717) is 6.42 Å². The summed E-state index contributed by atoms with van der Waals surface area (Å²) in [5, 5.41) is 0. The van der Waals surface area contributed by atoms with Crippen LogP contribution in [0.4, 0.5) is 4.39 Å². The third kappa shape index (κ3) is 5.50. The monoisotopic (exact) mass is 364 g/mol. The normalized spacial score (nSPS) is 12.0. The van der Waals surface area contributed by atoms with Gasteiger partial charge in [-0.05, 0) is 72.1 Å². The molecule has 3 nitrogen and oxygen atoms in total. The van der Waals surface area contributed by atoms with E-state index in [2.05, 4.69) is 0 Å². The Balaban J connectivity index is 2.26. The second kappa shape index (κ2) is 7.82. The lowest BCUT2D eigenvalue weighted by molar-refractivity contribution is 0.373. The van der Waals surface area contributed by atoms with Gasteiger partial charge in [0.2, 0.25) is 0 Å². The highest BCUT2D eigenvalue weighted by Gasteiger charge is 2.14.